The Labute approximate surface area is 187 Å². The SMILES string of the molecule is NCCO/N=C(\C(=O)N[C@@H]1C(=O)N2[C@@H]1[S+]([O-])C[C@@H]1CC(=O)O[C@@]12C(=O)O)c1csc(N)n1. The van der Waals surface area contributed by atoms with Crippen LogP contribution in [0.25, 0.3) is 0 Å². The summed E-state index contributed by atoms with van der Waals surface area (Å²) in [5.41, 5.74) is 8.50. The molecule has 172 valence electrons. The van der Waals surface area contributed by atoms with Gasteiger partial charge in [-0.05, 0) is 11.2 Å². The molecule has 1 aromatic heterocycles. The fourth-order valence-corrected chi connectivity index (χ4v) is 6.34. The van der Waals surface area contributed by atoms with Gasteiger partial charge >= 0.3 is 11.9 Å². The summed E-state index contributed by atoms with van der Waals surface area (Å²) in [6.45, 7) is 0.138. The van der Waals surface area contributed by atoms with Gasteiger partial charge in [-0.2, -0.15) is 0 Å². The van der Waals surface area contributed by atoms with Gasteiger partial charge in [-0.1, -0.05) is 5.16 Å². The first-order valence-corrected chi connectivity index (χ1v) is 11.5. The third-order valence-electron chi connectivity index (χ3n) is 5.21. The molecule has 0 saturated carbocycles. The van der Waals surface area contributed by atoms with Crippen molar-refractivity contribution in [3.63, 3.8) is 0 Å². The molecule has 4 rings (SSSR count). The zero-order valence-corrected chi connectivity index (χ0v) is 17.9. The van der Waals surface area contributed by atoms with Gasteiger partial charge in [0.05, 0.1) is 12.3 Å². The molecule has 1 aromatic rings. The van der Waals surface area contributed by atoms with Crippen molar-refractivity contribution in [1.29, 1.82) is 0 Å². The molecule has 4 heterocycles. The van der Waals surface area contributed by atoms with E-state index in [0.29, 0.717) is 0 Å². The first kappa shape index (κ1) is 22.3. The highest BCUT2D eigenvalue weighted by molar-refractivity contribution is 7.92. The third-order valence-corrected chi connectivity index (χ3v) is 7.64. The van der Waals surface area contributed by atoms with Crippen molar-refractivity contribution in [1.82, 2.24) is 15.2 Å². The van der Waals surface area contributed by atoms with Gasteiger partial charge in [-0.3, -0.25) is 14.4 Å². The van der Waals surface area contributed by atoms with E-state index < -0.39 is 58.0 Å². The van der Waals surface area contributed by atoms with E-state index in [1.54, 1.807) is 0 Å². The summed E-state index contributed by atoms with van der Waals surface area (Å²) in [6, 6.07) is -1.32. The Kier molecular flexibility index (Phi) is 5.70. The number of nitrogens with zero attached hydrogens (tertiary/aromatic N) is 3. The van der Waals surface area contributed by atoms with Crippen molar-refractivity contribution >= 4 is 57.1 Å². The van der Waals surface area contributed by atoms with Crippen LogP contribution in [0.1, 0.15) is 12.1 Å². The van der Waals surface area contributed by atoms with Crippen LogP contribution < -0.4 is 16.8 Å². The second-order valence-corrected chi connectivity index (χ2v) is 9.57. The van der Waals surface area contributed by atoms with Gasteiger partial charge in [0, 0.05) is 11.9 Å². The largest absolute Gasteiger partial charge is 0.615 e. The van der Waals surface area contributed by atoms with E-state index in [0.717, 1.165) is 16.2 Å². The Balaban J connectivity index is 1.58. The molecule has 3 aliphatic heterocycles. The smallest absolute Gasteiger partial charge is 0.371 e. The quantitative estimate of drug-likeness (QED) is 0.0767. The van der Waals surface area contributed by atoms with Crippen molar-refractivity contribution in [3.8, 4) is 0 Å². The van der Waals surface area contributed by atoms with Crippen LogP contribution in [0.5, 0.6) is 0 Å². The van der Waals surface area contributed by atoms with Crippen LogP contribution in [0, 0.1) is 5.92 Å². The minimum Gasteiger partial charge on any atom is -0.615 e. The molecule has 32 heavy (non-hydrogen) atoms. The summed E-state index contributed by atoms with van der Waals surface area (Å²) in [5.74, 6) is -5.20. The predicted octanol–water partition coefficient (Wildman–Crippen LogP) is -2.84. The Bertz CT molecular complexity index is 1020. The summed E-state index contributed by atoms with van der Waals surface area (Å²) in [4.78, 5) is 59.2. The average molecular weight is 486 g/mol. The molecule has 3 fully saturated rings. The van der Waals surface area contributed by atoms with Gasteiger partial charge in [0.15, 0.2) is 16.9 Å². The third kappa shape index (κ3) is 3.35. The van der Waals surface area contributed by atoms with E-state index in [-0.39, 0.29) is 41.9 Å². The fourth-order valence-electron chi connectivity index (χ4n) is 3.87. The Morgan fingerprint density at radius 2 is 2.28 bits per heavy atom. The van der Waals surface area contributed by atoms with E-state index in [9.17, 15) is 28.8 Å². The van der Waals surface area contributed by atoms with E-state index >= 15 is 0 Å². The number of rotatable bonds is 7. The maximum Gasteiger partial charge on any atom is 0.371 e. The van der Waals surface area contributed by atoms with Crippen molar-refractivity contribution < 1.29 is 38.4 Å². The molecule has 0 aliphatic carbocycles. The number of aliphatic carboxylic acids is 1. The number of thiazole rings is 1. The van der Waals surface area contributed by atoms with Crippen molar-refractivity contribution in [3.05, 3.63) is 11.1 Å². The van der Waals surface area contributed by atoms with Crippen LogP contribution in [0.2, 0.25) is 0 Å². The highest BCUT2D eigenvalue weighted by Gasteiger charge is 2.76. The lowest BCUT2D eigenvalue weighted by Gasteiger charge is -2.55. The standard InChI is InChI=1S/C16H18N6O8S2/c17-1-2-29-21-9(7-4-31-15(18)19-7)11(24)20-10-12(25)22-13(10)32(28)5-6-3-8(23)30-16(6,22)14(26)27/h4,6,10,13H,1-3,5,17H2,(H2,18,19)(H,20,24)(H,26,27)/b21-9-/t6-,10+,13+,16+,32?/m0/s1. The number of carboxylic acids is 1. The molecule has 16 heteroatoms. The Morgan fingerprint density at radius 1 is 1.53 bits per heavy atom. The van der Waals surface area contributed by atoms with Gasteiger partial charge in [-0.25, -0.2) is 14.7 Å². The van der Waals surface area contributed by atoms with Gasteiger partial charge < -0.3 is 36.0 Å². The average Bonchev–Trinajstić information content (AvgIpc) is 3.30. The maximum atomic E-state index is 12.9. The summed E-state index contributed by atoms with van der Waals surface area (Å²) in [5, 5.41) is 16.3. The van der Waals surface area contributed by atoms with Crippen LogP contribution in [0.4, 0.5) is 5.13 Å². The molecule has 5 atom stereocenters. The van der Waals surface area contributed by atoms with E-state index in [1.807, 2.05) is 0 Å². The number of amides is 2. The van der Waals surface area contributed by atoms with Crippen molar-refractivity contribution in [2.45, 2.75) is 23.6 Å². The van der Waals surface area contributed by atoms with Gasteiger partial charge in [-0.15, -0.1) is 11.3 Å². The number of nitrogens with two attached hydrogens (primary N) is 2. The lowest BCUT2D eigenvalue weighted by Crippen LogP contribution is -2.84. The number of carbonyl (C=O) groups is 4. The second kappa shape index (κ2) is 8.19. The molecule has 0 radical (unpaired) electrons. The molecule has 1 unspecified atom stereocenters. The Morgan fingerprint density at radius 3 is 2.91 bits per heavy atom. The number of carbonyl (C=O) groups excluding carboxylic acids is 3. The zero-order valence-electron chi connectivity index (χ0n) is 16.3. The van der Waals surface area contributed by atoms with Crippen molar-refractivity contribution in [2.75, 3.05) is 24.6 Å². The van der Waals surface area contributed by atoms with Crippen molar-refractivity contribution in [2.24, 2.45) is 16.8 Å². The first-order chi connectivity index (χ1) is 15.2. The molecule has 3 aliphatic rings. The van der Waals surface area contributed by atoms with E-state index in [4.69, 9.17) is 21.0 Å². The number of oxime groups is 1. The molecular weight excluding hydrogens is 468 g/mol. The molecule has 0 aromatic carbocycles. The number of hydrogen-bond donors (Lipinski definition) is 4. The number of fused-ring (bicyclic) bond motifs is 3. The summed E-state index contributed by atoms with van der Waals surface area (Å²) < 4.78 is 17.8. The number of β-lactam (4-membered cyclic amide) rings is 1. The topological polar surface area (TPSA) is 223 Å². The van der Waals surface area contributed by atoms with Crippen LogP contribution in [0.3, 0.4) is 0 Å². The van der Waals surface area contributed by atoms with Gasteiger partial charge in [0.25, 0.3) is 17.5 Å². The van der Waals surface area contributed by atoms with Crippen LogP contribution in [0.15, 0.2) is 10.5 Å². The Hall–Kier alpha value is -2.95. The molecule has 0 spiro atoms. The number of hydrogen-bond acceptors (Lipinski definition) is 12. The number of anilines is 1. The molecule has 2 amide bonds. The minimum absolute atomic E-state index is 0.00701. The van der Waals surface area contributed by atoms with E-state index in [2.05, 4.69) is 15.5 Å². The van der Waals surface area contributed by atoms with Gasteiger partial charge in [0.2, 0.25) is 5.37 Å². The lowest BCUT2D eigenvalue weighted by molar-refractivity contribution is -0.216. The highest BCUT2D eigenvalue weighted by atomic mass is 32.2. The normalized spacial score (nSPS) is 31.3. The van der Waals surface area contributed by atoms with E-state index in [1.165, 1.54) is 5.38 Å². The summed E-state index contributed by atoms with van der Waals surface area (Å²) in [7, 11) is 0. The van der Waals surface area contributed by atoms with Crippen LogP contribution >= 0.6 is 11.3 Å². The number of nitrogen functional groups attached to an aromatic ring is 1. The molecule has 6 N–H and O–H groups in total. The minimum atomic E-state index is -2.24. The number of esters is 1. The molecule has 3 saturated heterocycles. The molecular formula is C16H18N6O8S2. The van der Waals surface area contributed by atoms with Gasteiger partial charge in [0.1, 0.15) is 18.1 Å². The molecule has 0 bridgehead atoms. The molecule has 14 nitrogen and oxygen atoms in total. The number of carboxylic acid groups (broad SMARTS) is 1. The van der Waals surface area contributed by atoms with Crippen LogP contribution in [-0.4, -0.2) is 85.1 Å². The predicted molar refractivity (Wildman–Crippen MR) is 108 cm³/mol. The monoisotopic (exact) mass is 486 g/mol. The van der Waals surface area contributed by atoms with Crippen LogP contribution in [-0.2, 0) is 39.9 Å². The second-order valence-electron chi connectivity index (χ2n) is 7.11. The highest BCUT2D eigenvalue weighted by Crippen LogP contribution is 2.48. The maximum absolute atomic E-state index is 12.9. The number of aromatic nitrogens is 1. The fraction of sp³-hybridized carbons (Fsp3) is 0.500. The number of ether oxygens (including phenoxy) is 1. The first-order valence-electron chi connectivity index (χ1n) is 9.28. The number of nitrogens with one attached hydrogen (secondary N) is 1. The lowest BCUT2D eigenvalue weighted by atomic mass is 9.89. The summed E-state index contributed by atoms with van der Waals surface area (Å²) in [6.07, 6.45) is -0.272. The zero-order chi connectivity index (χ0) is 23.2. The summed E-state index contributed by atoms with van der Waals surface area (Å²) >= 11 is -0.702.